The van der Waals surface area contributed by atoms with E-state index in [4.69, 9.17) is 9.47 Å². The van der Waals surface area contributed by atoms with Gasteiger partial charge in [0.25, 0.3) is 0 Å². The van der Waals surface area contributed by atoms with Gasteiger partial charge in [0.2, 0.25) is 0 Å². The first-order chi connectivity index (χ1) is 10.2. The predicted octanol–water partition coefficient (Wildman–Crippen LogP) is 4.14. The molecule has 1 unspecified atom stereocenters. The van der Waals surface area contributed by atoms with Crippen molar-refractivity contribution in [1.29, 1.82) is 0 Å². The molecule has 0 saturated heterocycles. The first-order valence-electron chi connectivity index (χ1n) is 7.25. The molecule has 0 aliphatic carbocycles. The van der Waals surface area contributed by atoms with Gasteiger partial charge in [-0.2, -0.15) is 0 Å². The van der Waals surface area contributed by atoms with E-state index in [1.54, 1.807) is 14.2 Å². The van der Waals surface area contributed by atoms with E-state index in [9.17, 15) is 0 Å². The van der Waals surface area contributed by atoms with Gasteiger partial charge < -0.3 is 14.8 Å². The fourth-order valence-corrected chi connectivity index (χ4v) is 2.28. The molecule has 0 aliphatic heterocycles. The molecule has 0 amide bonds. The Hall–Kier alpha value is -2.16. The Bertz CT molecular complexity index is 554. The van der Waals surface area contributed by atoms with Crippen LogP contribution >= 0.6 is 0 Å². The Morgan fingerprint density at radius 2 is 1.76 bits per heavy atom. The van der Waals surface area contributed by atoms with Crippen LogP contribution in [0.2, 0.25) is 0 Å². The fraction of sp³-hybridized carbons (Fsp3) is 0.333. The minimum Gasteiger partial charge on any atom is -0.497 e. The van der Waals surface area contributed by atoms with Crippen LogP contribution in [0.3, 0.4) is 0 Å². The summed E-state index contributed by atoms with van der Waals surface area (Å²) in [5.41, 5.74) is 2.37. The van der Waals surface area contributed by atoms with Crippen molar-refractivity contribution in [3.8, 4) is 11.5 Å². The van der Waals surface area contributed by atoms with Gasteiger partial charge in [0.05, 0.1) is 19.9 Å². The van der Waals surface area contributed by atoms with Crippen LogP contribution in [0.15, 0.2) is 48.5 Å². The fourth-order valence-electron chi connectivity index (χ4n) is 2.28. The van der Waals surface area contributed by atoms with Crippen LogP contribution in [0.1, 0.15) is 18.9 Å². The second-order valence-electron chi connectivity index (χ2n) is 5.14. The van der Waals surface area contributed by atoms with Gasteiger partial charge in [-0.25, -0.2) is 0 Å². The molecule has 0 fully saturated rings. The highest BCUT2D eigenvalue weighted by molar-refractivity contribution is 5.59. The Balaban J connectivity index is 1.94. The van der Waals surface area contributed by atoms with Crippen LogP contribution in [0.4, 0.5) is 5.69 Å². The number of methoxy groups -OCH3 is 2. The van der Waals surface area contributed by atoms with Gasteiger partial charge in [-0.15, -0.1) is 0 Å². The maximum atomic E-state index is 5.41. The van der Waals surface area contributed by atoms with E-state index < -0.39 is 0 Å². The lowest BCUT2D eigenvalue weighted by atomic mass is 10.1. The molecule has 1 atom stereocenters. The second-order valence-corrected chi connectivity index (χ2v) is 5.14. The molecule has 0 radical (unpaired) electrons. The summed E-state index contributed by atoms with van der Waals surface area (Å²) in [5.74, 6) is 1.61. The van der Waals surface area contributed by atoms with E-state index in [1.807, 2.05) is 24.3 Å². The number of hydrogen-bond acceptors (Lipinski definition) is 3. The van der Waals surface area contributed by atoms with Crippen molar-refractivity contribution in [2.24, 2.45) is 0 Å². The molecule has 0 aromatic heterocycles. The topological polar surface area (TPSA) is 30.5 Å². The van der Waals surface area contributed by atoms with E-state index >= 15 is 0 Å². The number of anilines is 1. The van der Waals surface area contributed by atoms with Crippen molar-refractivity contribution in [1.82, 2.24) is 0 Å². The Morgan fingerprint density at radius 3 is 2.43 bits per heavy atom. The maximum Gasteiger partial charge on any atom is 0.145 e. The van der Waals surface area contributed by atoms with Crippen molar-refractivity contribution >= 4 is 5.69 Å². The molecule has 2 aromatic carbocycles. The molecule has 3 nitrogen and oxygen atoms in total. The average Bonchev–Trinajstić information content (AvgIpc) is 2.54. The third-order valence-corrected chi connectivity index (χ3v) is 3.52. The summed E-state index contributed by atoms with van der Waals surface area (Å²) in [6.07, 6.45) is 2.13. The summed E-state index contributed by atoms with van der Waals surface area (Å²) in [5, 5.41) is 3.50. The van der Waals surface area contributed by atoms with Crippen molar-refractivity contribution in [3.05, 3.63) is 54.1 Å². The number of ether oxygens (including phenoxy) is 2. The van der Waals surface area contributed by atoms with Crippen LogP contribution in [0, 0.1) is 0 Å². The molecule has 0 spiro atoms. The van der Waals surface area contributed by atoms with Crippen molar-refractivity contribution < 1.29 is 9.47 Å². The van der Waals surface area contributed by atoms with Crippen LogP contribution < -0.4 is 14.8 Å². The van der Waals surface area contributed by atoms with E-state index in [0.29, 0.717) is 6.04 Å². The van der Waals surface area contributed by atoms with Gasteiger partial charge in [0.1, 0.15) is 11.5 Å². The quantitative estimate of drug-likeness (QED) is 0.829. The molecule has 0 aliphatic rings. The molecule has 0 saturated carbocycles. The minimum atomic E-state index is 0.368. The molecule has 21 heavy (non-hydrogen) atoms. The molecule has 0 bridgehead atoms. The standard InChI is InChI=1S/C18H23NO2/c1-14(9-10-15-7-5-4-6-8-15)19-17-12-11-16(20-2)13-18(17)21-3/h4-8,11-14,19H,9-10H2,1-3H3. The number of nitrogens with one attached hydrogen (secondary N) is 1. The Kier molecular flexibility index (Phi) is 5.50. The van der Waals surface area contributed by atoms with E-state index in [0.717, 1.165) is 30.0 Å². The van der Waals surface area contributed by atoms with E-state index in [2.05, 4.69) is 36.5 Å². The Morgan fingerprint density at radius 1 is 1.00 bits per heavy atom. The number of hydrogen-bond donors (Lipinski definition) is 1. The summed E-state index contributed by atoms with van der Waals surface area (Å²) in [6, 6.07) is 16.7. The predicted molar refractivity (Wildman–Crippen MR) is 87.4 cm³/mol. The number of benzene rings is 2. The normalized spacial score (nSPS) is 11.8. The van der Waals surface area contributed by atoms with E-state index in [-0.39, 0.29) is 0 Å². The van der Waals surface area contributed by atoms with Crippen LogP contribution in [0.25, 0.3) is 0 Å². The van der Waals surface area contributed by atoms with Gasteiger partial charge in [-0.1, -0.05) is 30.3 Å². The summed E-state index contributed by atoms with van der Waals surface area (Å²) in [6.45, 7) is 2.19. The Labute approximate surface area is 126 Å². The van der Waals surface area contributed by atoms with Crippen molar-refractivity contribution in [2.75, 3.05) is 19.5 Å². The van der Waals surface area contributed by atoms with Crippen molar-refractivity contribution in [2.45, 2.75) is 25.8 Å². The zero-order chi connectivity index (χ0) is 15.1. The minimum absolute atomic E-state index is 0.368. The summed E-state index contributed by atoms with van der Waals surface area (Å²) < 4.78 is 10.6. The molecule has 0 heterocycles. The van der Waals surface area contributed by atoms with Crippen molar-refractivity contribution in [3.63, 3.8) is 0 Å². The highest BCUT2D eigenvalue weighted by Crippen LogP contribution is 2.29. The molecule has 3 heteroatoms. The van der Waals surface area contributed by atoms with E-state index in [1.165, 1.54) is 5.56 Å². The lowest BCUT2D eigenvalue weighted by Gasteiger charge is -2.18. The van der Waals surface area contributed by atoms with Gasteiger partial charge in [0, 0.05) is 12.1 Å². The summed E-state index contributed by atoms with van der Waals surface area (Å²) >= 11 is 0. The zero-order valence-electron chi connectivity index (χ0n) is 12.9. The number of rotatable bonds is 7. The first kappa shape index (κ1) is 15.2. The van der Waals surface area contributed by atoms with Gasteiger partial charge in [-0.05, 0) is 37.5 Å². The monoisotopic (exact) mass is 285 g/mol. The lowest BCUT2D eigenvalue weighted by molar-refractivity contribution is 0.395. The van der Waals surface area contributed by atoms with Crippen LogP contribution in [0.5, 0.6) is 11.5 Å². The second kappa shape index (κ2) is 7.58. The lowest BCUT2D eigenvalue weighted by Crippen LogP contribution is -2.16. The molecule has 2 rings (SSSR count). The van der Waals surface area contributed by atoms with Crippen LogP contribution in [-0.2, 0) is 6.42 Å². The highest BCUT2D eigenvalue weighted by atomic mass is 16.5. The zero-order valence-corrected chi connectivity index (χ0v) is 12.9. The van der Waals surface area contributed by atoms with Crippen LogP contribution in [-0.4, -0.2) is 20.3 Å². The smallest absolute Gasteiger partial charge is 0.145 e. The summed E-state index contributed by atoms with van der Waals surface area (Å²) in [7, 11) is 3.33. The average molecular weight is 285 g/mol. The largest absolute Gasteiger partial charge is 0.497 e. The molecule has 1 N–H and O–H groups in total. The first-order valence-corrected chi connectivity index (χ1v) is 7.25. The molecule has 2 aromatic rings. The third kappa shape index (κ3) is 4.42. The van der Waals surface area contributed by atoms with Gasteiger partial charge >= 0.3 is 0 Å². The maximum absolute atomic E-state index is 5.41. The molecule has 112 valence electrons. The van der Waals surface area contributed by atoms with Gasteiger partial charge in [0.15, 0.2) is 0 Å². The van der Waals surface area contributed by atoms with Gasteiger partial charge in [-0.3, -0.25) is 0 Å². The summed E-state index contributed by atoms with van der Waals surface area (Å²) in [4.78, 5) is 0. The highest BCUT2D eigenvalue weighted by Gasteiger charge is 2.08. The number of aryl methyl sites for hydroxylation is 1. The SMILES string of the molecule is COc1ccc(NC(C)CCc2ccccc2)c(OC)c1. The third-order valence-electron chi connectivity index (χ3n) is 3.52. The molecular weight excluding hydrogens is 262 g/mol. The molecular formula is C18H23NO2.